The van der Waals surface area contributed by atoms with Crippen LogP contribution in [0.3, 0.4) is 0 Å². The van der Waals surface area contributed by atoms with Crippen molar-refractivity contribution in [2.45, 2.75) is 19.8 Å². The zero-order valence-electron chi connectivity index (χ0n) is 24.4. The molecule has 1 aromatic heterocycles. The average Bonchev–Trinajstić information content (AvgIpc) is 3.73. The maximum Gasteiger partial charge on any atom is 0.328 e. The summed E-state index contributed by atoms with van der Waals surface area (Å²) in [6.45, 7) is 2.12. The van der Waals surface area contributed by atoms with Gasteiger partial charge in [0.05, 0.1) is 5.70 Å². The molecule has 0 saturated carbocycles. The predicted molar refractivity (Wildman–Crippen MR) is 183 cm³/mol. The molecule has 0 radical (unpaired) electrons. The summed E-state index contributed by atoms with van der Waals surface area (Å²) in [5.41, 5.74) is 13.2. The summed E-state index contributed by atoms with van der Waals surface area (Å²) in [6.07, 6.45) is 1.84. The summed E-state index contributed by atoms with van der Waals surface area (Å²) in [5.74, 6) is 0. The van der Waals surface area contributed by atoms with Crippen molar-refractivity contribution in [3.8, 4) is 11.3 Å². The Balaban J connectivity index is 1.53. The van der Waals surface area contributed by atoms with Gasteiger partial charge < -0.3 is 4.48 Å². The largest absolute Gasteiger partial charge is 0.376 e. The van der Waals surface area contributed by atoms with Gasteiger partial charge in [0.2, 0.25) is 0 Å². The molecule has 0 spiro atoms. The van der Waals surface area contributed by atoms with E-state index in [2.05, 4.69) is 169 Å². The second kappa shape index (κ2) is 12.0. The fraction of sp³-hybridized carbons (Fsp3) is 0.0750. The van der Waals surface area contributed by atoms with Crippen molar-refractivity contribution >= 4 is 29.1 Å². The van der Waals surface area contributed by atoms with Crippen LogP contribution in [0.15, 0.2) is 168 Å². The predicted octanol–water partition coefficient (Wildman–Crippen LogP) is 8.16. The lowest BCUT2D eigenvalue weighted by Gasteiger charge is -2.25. The van der Waals surface area contributed by atoms with Crippen LogP contribution in [0.5, 0.6) is 0 Å². The Morgan fingerprint density at radius 2 is 1.09 bits per heavy atom. The van der Waals surface area contributed by atoms with E-state index in [1.165, 1.54) is 50.1 Å². The molecule has 0 saturated heterocycles. The van der Waals surface area contributed by atoms with Gasteiger partial charge in [-0.2, -0.15) is 0 Å². The van der Waals surface area contributed by atoms with Crippen LogP contribution in [-0.2, 0) is 0 Å². The molecule has 0 N–H and O–H groups in total. The first kappa shape index (κ1) is 26.7. The highest BCUT2D eigenvalue weighted by Crippen LogP contribution is 2.37. The molecule has 7 rings (SSSR count). The second-order valence-corrected chi connectivity index (χ2v) is 11.2. The number of aliphatic imine (C=N–C) groups is 1. The van der Waals surface area contributed by atoms with Gasteiger partial charge in [-0.1, -0.05) is 162 Å². The SMILES string of the molecule is Cc1ccc(/C(=C2\CCC(c3ccccc3)=N2)c2ccc(-c3ccccc3)n2B(c2ccccc2)c2ccccc2)cc1. The maximum atomic E-state index is 5.34. The number of rotatable bonds is 7. The van der Waals surface area contributed by atoms with Crippen LogP contribution in [-0.4, -0.2) is 17.0 Å². The van der Waals surface area contributed by atoms with E-state index in [1.54, 1.807) is 0 Å². The Morgan fingerprint density at radius 1 is 0.558 bits per heavy atom. The normalized spacial score (nSPS) is 13.9. The Kier molecular flexibility index (Phi) is 7.46. The van der Waals surface area contributed by atoms with Gasteiger partial charge in [-0.3, -0.25) is 4.99 Å². The quantitative estimate of drug-likeness (QED) is 0.178. The molecule has 43 heavy (non-hydrogen) atoms. The zero-order valence-corrected chi connectivity index (χ0v) is 24.4. The summed E-state index contributed by atoms with van der Waals surface area (Å²) in [5, 5.41) is 0. The Hall–Kier alpha value is -5.15. The minimum Gasteiger partial charge on any atom is -0.376 e. The molecule has 2 heterocycles. The van der Waals surface area contributed by atoms with E-state index in [0.29, 0.717) is 0 Å². The molecule has 5 aromatic carbocycles. The summed E-state index contributed by atoms with van der Waals surface area (Å²) < 4.78 is 2.54. The van der Waals surface area contributed by atoms with Crippen molar-refractivity contribution in [1.29, 1.82) is 0 Å². The van der Waals surface area contributed by atoms with E-state index in [-0.39, 0.29) is 6.85 Å². The Bertz CT molecular complexity index is 1850. The van der Waals surface area contributed by atoms with Crippen molar-refractivity contribution < 1.29 is 0 Å². The average molecular weight is 553 g/mol. The maximum absolute atomic E-state index is 5.34. The molecule has 6 aromatic rings. The van der Waals surface area contributed by atoms with Gasteiger partial charge >= 0.3 is 6.85 Å². The summed E-state index contributed by atoms with van der Waals surface area (Å²) >= 11 is 0. The number of benzene rings is 5. The molecule has 0 aliphatic carbocycles. The van der Waals surface area contributed by atoms with Gasteiger partial charge in [0.25, 0.3) is 0 Å². The van der Waals surface area contributed by atoms with Crippen LogP contribution >= 0.6 is 0 Å². The standard InChI is InChI=1S/C40H33BN2/c1-30-22-24-33(25-23-30)40(37-27-26-36(42-37)31-14-6-2-7-15-31)39-29-28-38(32-16-8-3-9-17-32)43(39)41(34-18-10-4-11-19-34)35-20-12-5-13-21-35/h2-25,28-29H,26-27H2,1H3/b40-37-. The number of nitrogens with zero attached hydrogens (tertiary/aromatic N) is 2. The van der Waals surface area contributed by atoms with Gasteiger partial charge in [-0.05, 0) is 48.6 Å². The number of hydrogen-bond donors (Lipinski definition) is 0. The second-order valence-electron chi connectivity index (χ2n) is 11.2. The molecule has 0 fully saturated rings. The van der Waals surface area contributed by atoms with Crippen LogP contribution in [0.25, 0.3) is 16.8 Å². The fourth-order valence-corrected chi connectivity index (χ4v) is 6.25. The first-order chi connectivity index (χ1) is 21.3. The van der Waals surface area contributed by atoms with Gasteiger partial charge in [0.15, 0.2) is 0 Å². The van der Waals surface area contributed by atoms with E-state index in [0.717, 1.165) is 24.3 Å². The van der Waals surface area contributed by atoms with Crippen LogP contribution in [0.1, 0.15) is 35.2 Å². The van der Waals surface area contributed by atoms with Crippen LogP contribution in [0.4, 0.5) is 0 Å². The third kappa shape index (κ3) is 5.42. The topological polar surface area (TPSA) is 17.3 Å². The van der Waals surface area contributed by atoms with Crippen LogP contribution in [0, 0.1) is 6.92 Å². The lowest BCUT2D eigenvalue weighted by atomic mass is 9.50. The first-order valence-corrected chi connectivity index (χ1v) is 15.1. The molecular formula is C40H33BN2. The van der Waals surface area contributed by atoms with Crippen molar-refractivity contribution in [2.24, 2.45) is 4.99 Å². The van der Waals surface area contributed by atoms with E-state index >= 15 is 0 Å². The zero-order chi connectivity index (χ0) is 29.0. The minimum absolute atomic E-state index is 0.0253. The summed E-state index contributed by atoms with van der Waals surface area (Å²) in [4.78, 5) is 5.34. The van der Waals surface area contributed by atoms with E-state index in [1.807, 2.05) is 0 Å². The Morgan fingerprint density at radius 3 is 1.67 bits per heavy atom. The van der Waals surface area contributed by atoms with Crippen LogP contribution < -0.4 is 10.9 Å². The fourth-order valence-electron chi connectivity index (χ4n) is 6.25. The number of aryl methyl sites for hydroxylation is 1. The molecule has 0 unspecified atom stereocenters. The van der Waals surface area contributed by atoms with E-state index in [9.17, 15) is 0 Å². The molecule has 0 amide bonds. The van der Waals surface area contributed by atoms with E-state index in [4.69, 9.17) is 4.99 Å². The monoisotopic (exact) mass is 552 g/mol. The molecule has 1 aliphatic rings. The number of allylic oxidation sites excluding steroid dienone is 1. The van der Waals surface area contributed by atoms with Crippen molar-refractivity contribution in [2.75, 3.05) is 0 Å². The Labute approximate surface area is 254 Å². The molecule has 3 heteroatoms. The van der Waals surface area contributed by atoms with Crippen molar-refractivity contribution in [3.05, 3.63) is 186 Å². The first-order valence-electron chi connectivity index (χ1n) is 15.1. The third-order valence-electron chi connectivity index (χ3n) is 8.34. The molecule has 206 valence electrons. The van der Waals surface area contributed by atoms with Crippen molar-refractivity contribution in [3.63, 3.8) is 0 Å². The van der Waals surface area contributed by atoms with E-state index < -0.39 is 0 Å². The van der Waals surface area contributed by atoms with Gasteiger partial charge in [0, 0.05) is 22.7 Å². The number of hydrogen-bond acceptors (Lipinski definition) is 1. The van der Waals surface area contributed by atoms with Gasteiger partial charge in [-0.25, -0.2) is 0 Å². The van der Waals surface area contributed by atoms with Crippen molar-refractivity contribution in [1.82, 2.24) is 4.48 Å². The highest BCUT2D eigenvalue weighted by Gasteiger charge is 2.30. The lowest BCUT2D eigenvalue weighted by Crippen LogP contribution is -2.49. The molecule has 0 bridgehead atoms. The molecular weight excluding hydrogens is 519 g/mol. The lowest BCUT2D eigenvalue weighted by molar-refractivity contribution is 1.06. The molecule has 0 atom stereocenters. The smallest absolute Gasteiger partial charge is 0.328 e. The highest BCUT2D eigenvalue weighted by molar-refractivity contribution is 6.84. The molecule has 1 aliphatic heterocycles. The van der Waals surface area contributed by atoms with Gasteiger partial charge in [-0.15, -0.1) is 0 Å². The highest BCUT2D eigenvalue weighted by atomic mass is 14.9. The summed E-state index contributed by atoms with van der Waals surface area (Å²) in [7, 11) is 0. The molecule has 2 nitrogen and oxygen atoms in total. The number of aromatic nitrogens is 1. The van der Waals surface area contributed by atoms with Gasteiger partial charge in [0.1, 0.15) is 0 Å². The van der Waals surface area contributed by atoms with Crippen LogP contribution in [0.2, 0.25) is 0 Å². The third-order valence-corrected chi connectivity index (χ3v) is 8.34. The summed E-state index contributed by atoms with van der Waals surface area (Å²) in [6, 6.07) is 56.6. The minimum atomic E-state index is -0.0253.